The number of aryl methyl sites for hydroxylation is 1. The van der Waals surface area contributed by atoms with Crippen molar-refractivity contribution in [2.24, 2.45) is 0 Å². The summed E-state index contributed by atoms with van der Waals surface area (Å²) in [6.07, 6.45) is 1.66. The maximum Gasteiger partial charge on any atom is 0.150 e. The van der Waals surface area contributed by atoms with E-state index >= 15 is 0 Å². The minimum absolute atomic E-state index is 0.514. The molecule has 0 saturated carbocycles. The van der Waals surface area contributed by atoms with E-state index in [0.29, 0.717) is 22.9 Å². The third-order valence-electron chi connectivity index (χ3n) is 2.15. The van der Waals surface area contributed by atoms with Crippen molar-refractivity contribution in [2.45, 2.75) is 6.92 Å². The fourth-order valence-electron chi connectivity index (χ4n) is 1.30. The van der Waals surface area contributed by atoms with E-state index in [4.69, 9.17) is 16.2 Å². The van der Waals surface area contributed by atoms with Gasteiger partial charge in [0.1, 0.15) is 5.75 Å². The first-order chi connectivity index (χ1) is 7.65. The van der Waals surface area contributed by atoms with E-state index < -0.39 is 0 Å². The van der Waals surface area contributed by atoms with Crippen LogP contribution in [0.15, 0.2) is 36.5 Å². The van der Waals surface area contributed by atoms with Gasteiger partial charge in [0.2, 0.25) is 0 Å². The second-order valence-electron chi connectivity index (χ2n) is 3.53. The predicted octanol–water partition coefficient (Wildman–Crippen LogP) is 2.35. The van der Waals surface area contributed by atoms with Gasteiger partial charge in [0.25, 0.3) is 0 Å². The molecule has 4 N–H and O–H groups in total. The summed E-state index contributed by atoms with van der Waals surface area (Å²) in [7, 11) is 0. The third kappa shape index (κ3) is 2.23. The molecule has 1 aromatic carbocycles. The zero-order chi connectivity index (χ0) is 11.5. The van der Waals surface area contributed by atoms with Crippen LogP contribution in [0, 0.1) is 6.92 Å². The summed E-state index contributed by atoms with van der Waals surface area (Å²) >= 11 is 0. The second-order valence-corrected chi connectivity index (χ2v) is 3.53. The number of pyridine rings is 1. The van der Waals surface area contributed by atoms with Crippen LogP contribution < -0.4 is 16.2 Å². The van der Waals surface area contributed by atoms with E-state index in [1.54, 1.807) is 24.4 Å². The minimum Gasteiger partial charge on any atom is -0.454 e. The molecule has 1 heterocycles. The Hall–Kier alpha value is -2.23. The summed E-state index contributed by atoms with van der Waals surface area (Å²) in [6, 6.07) is 8.87. The summed E-state index contributed by atoms with van der Waals surface area (Å²) in [6.45, 7) is 1.92. The van der Waals surface area contributed by atoms with Gasteiger partial charge in [0.15, 0.2) is 5.75 Å². The molecule has 0 bridgehead atoms. The molecule has 2 rings (SSSR count). The molecule has 16 heavy (non-hydrogen) atoms. The second kappa shape index (κ2) is 4.10. The number of nitrogen functional groups attached to an aromatic ring is 2. The van der Waals surface area contributed by atoms with Crippen molar-refractivity contribution < 1.29 is 4.74 Å². The van der Waals surface area contributed by atoms with Crippen molar-refractivity contribution in [1.82, 2.24) is 4.98 Å². The molecular weight excluding hydrogens is 202 g/mol. The molecule has 0 saturated heterocycles. The van der Waals surface area contributed by atoms with E-state index in [2.05, 4.69) is 4.98 Å². The van der Waals surface area contributed by atoms with Crippen LogP contribution in [-0.2, 0) is 0 Å². The average Bonchev–Trinajstić information content (AvgIpc) is 2.25. The largest absolute Gasteiger partial charge is 0.454 e. The molecule has 0 amide bonds. The Kier molecular flexibility index (Phi) is 2.64. The molecule has 0 aliphatic heterocycles. The zero-order valence-corrected chi connectivity index (χ0v) is 8.97. The van der Waals surface area contributed by atoms with Crippen LogP contribution in [0.25, 0.3) is 0 Å². The molecule has 0 radical (unpaired) electrons. The van der Waals surface area contributed by atoms with Gasteiger partial charge in [0.05, 0.1) is 11.9 Å². The fourth-order valence-corrected chi connectivity index (χ4v) is 1.30. The van der Waals surface area contributed by atoms with Gasteiger partial charge >= 0.3 is 0 Å². The first-order valence-corrected chi connectivity index (χ1v) is 4.90. The number of benzene rings is 1. The predicted molar refractivity (Wildman–Crippen MR) is 64.3 cm³/mol. The topological polar surface area (TPSA) is 74.2 Å². The van der Waals surface area contributed by atoms with E-state index in [-0.39, 0.29) is 0 Å². The maximum atomic E-state index is 5.77. The lowest BCUT2D eigenvalue weighted by Gasteiger charge is -2.08. The number of nitrogens with two attached hydrogens (primary N) is 2. The number of hydrogen-bond donors (Lipinski definition) is 2. The number of hydrogen-bond acceptors (Lipinski definition) is 4. The Bertz CT molecular complexity index is 494. The zero-order valence-electron chi connectivity index (χ0n) is 8.97. The van der Waals surface area contributed by atoms with E-state index in [0.717, 1.165) is 5.69 Å². The third-order valence-corrected chi connectivity index (χ3v) is 2.15. The SMILES string of the molecule is Cc1ccc(Oc2ccc(N)cc2N)cn1. The standard InChI is InChI=1S/C12H13N3O/c1-8-2-4-10(7-15-8)16-12-5-3-9(13)6-11(12)14/h2-7H,13-14H2,1H3. The van der Waals surface area contributed by atoms with Crippen LogP contribution in [0.4, 0.5) is 11.4 Å². The molecule has 0 aliphatic rings. The van der Waals surface area contributed by atoms with Crippen molar-refractivity contribution in [3.8, 4) is 11.5 Å². The monoisotopic (exact) mass is 215 g/mol. The van der Waals surface area contributed by atoms with Crippen molar-refractivity contribution in [3.63, 3.8) is 0 Å². The fraction of sp³-hybridized carbons (Fsp3) is 0.0833. The lowest BCUT2D eigenvalue weighted by atomic mass is 10.2. The number of nitrogens with zero attached hydrogens (tertiary/aromatic N) is 1. The lowest BCUT2D eigenvalue weighted by molar-refractivity contribution is 0.482. The molecule has 4 heteroatoms. The Labute approximate surface area is 93.9 Å². The first kappa shape index (κ1) is 10.3. The Morgan fingerprint density at radius 3 is 2.56 bits per heavy atom. The Balaban J connectivity index is 2.23. The minimum atomic E-state index is 0.514. The van der Waals surface area contributed by atoms with Gasteiger partial charge < -0.3 is 16.2 Å². The normalized spacial score (nSPS) is 10.1. The number of rotatable bonds is 2. The molecule has 0 unspecified atom stereocenters. The number of aromatic nitrogens is 1. The van der Waals surface area contributed by atoms with Crippen molar-refractivity contribution in [2.75, 3.05) is 11.5 Å². The molecule has 82 valence electrons. The summed E-state index contributed by atoms with van der Waals surface area (Å²) in [5.74, 6) is 1.24. The van der Waals surface area contributed by atoms with Gasteiger partial charge in [-0.25, -0.2) is 0 Å². The van der Waals surface area contributed by atoms with Crippen molar-refractivity contribution >= 4 is 11.4 Å². The van der Waals surface area contributed by atoms with Gasteiger partial charge in [-0.3, -0.25) is 4.98 Å². The van der Waals surface area contributed by atoms with Crippen LogP contribution in [-0.4, -0.2) is 4.98 Å². The van der Waals surface area contributed by atoms with Gasteiger partial charge in [-0.15, -0.1) is 0 Å². The molecule has 0 fully saturated rings. The van der Waals surface area contributed by atoms with E-state index in [1.807, 2.05) is 19.1 Å². The number of ether oxygens (including phenoxy) is 1. The molecule has 0 spiro atoms. The molecular formula is C12H13N3O. The Morgan fingerprint density at radius 1 is 1.12 bits per heavy atom. The quantitative estimate of drug-likeness (QED) is 0.754. The van der Waals surface area contributed by atoms with Crippen molar-refractivity contribution in [3.05, 3.63) is 42.2 Å². The van der Waals surface area contributed by atoms with Crippen LogP contribution in [0.1, 0.15) is 5.69 Å². The van der Waals surface area contributed by atoms with Crippen LogP contribution in [0.5, 0.6) is 11.5 Å². The molecule has 0 atom stereocenters. The average molecular weight is 215 g/mol. The van der Waals surface area contributed by atoms with Gasteiger partial charge in [0, 0.05) is 11.4 Å². The molecule has 0 aliphatic carbocycles. The maximum absolute atomic E-state index is 5.77. The number of anilines is 2. The van der Waals surface area contributed by atoms with Gasteiger partial charge in [-0.05, 0) is 37.3 Å². The smallest absolute Gasteiger partial charge is 0.150 e. The van der Waals surface area contributed by atoms with Gasteiger partial charge in [-0.2, -0.15) is 0 Å². The summed E-state index contributed by atoms with van der Waals surface area (Å²) in [5, 5.41) is 0. The summed E-state index contributed by atoms with van der Waals surface area (Å²) in [4.78, 5) is 4.13. The van der Waals surface area contributed by atoms with Crippen LogP contribution in [0.3, 0.4) is 0 Å². The van der Waals surface area contributed by atoms with E-state index in [1.165, 1.54) is 0 Å². The lowest BCUT2D eigenvalue weighted by Crippen LogP contribution is -1.94. The summed E-state index contributed by atoms with van der Waals surface area (Å²) < 4.78 is 5.58. The molecule has 2 aromatic rings. The van der Waals surface area contributed by atoms with Crippen LogP contribution in [0.2, 0.25) is 0 Å². The summed E-state index contributed by atoms with van der Waals surface area (Å²) in [5.41, 5.74) is 13.4. The van der Waals surface area contributed by atoms with Crippen LogP contribution >= 0.6 is 0 Å². The van der Waals surface area contributed by atoms with E-state index in [9.17, 15) is 0 Å². The van der Waals surface area contributed by atoms with Crippen molar-refractivity contribution in [1.29, 1.82) is 0 Å². The highest BCUT2D eigenvalue weighted by Crippen LogP contribution is 2.28. The molecule has 1 aromatic heterocycles. The highest BCUT2D eigenvalue weighted by atomic mass is 16.5. The highest BCUT2D eigenvalue weighted by Gasteiger charge is 2.02. The molecule has 4 nitrogen and oxygen atoms in total. The van der Waals surface area contributed by atoms with Gasteiger partial charge in [-0.1, -0.05) is 0 Å². The Morgan fingerprint density at radius 2 is 1.94 bits per heavy atom. The first-order valence-electron chi connectivity index (χ1n) is 4.90. The highest BCUT2D eigenvalue weighted by molar-refractivity contribution is 5.61.